The summed E-state index contributed by atoms with van der Waals surface area (Å²) < 4.78 is 16.7. The number of rotatable bonds is 12. The highest BCUT2D eigenvalue weighted by Gasteiger charge is 2.28. The molecule has 7 nitrogen and oxygen atoms in total. The molecule has 36 heavy (non-hydrogen) atoms. The standard InChI is InChI=1S/C29H36N2O5/c1-2-3-4-5-18-34-25-15-10-22(11-16-25)29(33)36-26-13-6-21(7-14-26)8-17-28(32)35-20-23-9-12-24(30)19-27(23)31/h2,6-9,12-14,17,19,22,25H,1,3-5,10-11,15-16,18,20,30-31H2. The van der Waals surface area contributed by atoms with Gasteiger partial charge in [-0.1, -0.05) is 24.3 Å². The summed E-state index contributed by atoms with van der Waals surface area (Å²) in [4.78, 5) is 24.6. The van der Waals surface area contributed by atoms with E-state index in [1.807, 2.05) is 6.08 Å². The third kappa shape index (κ3) is 8.89. The number of esters is 2. The average Bonchev–Trinajstić information content (AvgIpc) is 2.88. The number of hydrogen-bond acceptors (Lipinski definition) is 7. The zero-order valence-corrected chi connectivity index (χ0v) is 20.7. The van der Waals surface area contributed by atoms with Gasteiger partial charge < -0.3 is 25.7 Å². The van der Waals surface area contributed by atoms with Crippen molar-refractivity contribution in [2.45, 2.75) is 57.7 Å². The average molecular weight is 493 g/mol. The lowest BCUT2D eigenvalue weighted by molar-refractivity contribution is -0.141. The summed E-state index contributed by atoms with van der Waals surface area (Å²) in [5, 5.41) is 0. The maximum Gasteiger partial charge on any atom is 0.331 e. The van der Waals surface area contributed by atoms with Crippen LogP contribution >= 0.6 is 0 Å². The van der Waals surface area contributed by atoms with E-state index in [1.165, 1.54) is 6.08 Å². The van der Waals surface area contributed by atoms with Crippen LogP contribution in [0, 0.1) is 5.92 Å². The summed E-state index contributed by atoms with van der Waals surface area (Å²) in [7, 11) is 0. The van der Waals surface area contributed by atoms with E-state index in [4.69, 9.17) is 25.7 Å². The van der Waals surface area contributed by atoms with E-state index < -0.39 is 5.97 Å². The zero-order valence-electron chi connectivity index (χ0n) is 20.7. The number of benzene rings is 2. The van der Waals surface area contributed by atoms with E-state index in [9.17, 15) is 9.59 Å². The molecule has 0 unspecified atom stereocenters. The van der Waals surface area contributed by atoms with Crippen LogP contribution in [0.2, 0.25) is 0 Å². The Bertz CT molecular complexity index is 1040. The van der Waals surface area contributed by atoms with Gasteiger partial charge in [0.05, 0.1) is 12.0 Å². The molecular weight excluding hydrogens is 456 g/mol. The van der Waals surface area contributed by atoms with Crippen LogP contribution in [0.4, 0.5) is 11.4 Å². The van der Waals surface area contributed by atoms with Gasteiger partial charge in [0.25, 0.3) is 0 Å². The highest BCUT2D eigenvalue weighted by molar-refractivity contribution is 5.87. The third-order valence-electron chi connectivity index (χ3n) is 6.21. The molecule has 0 bridgehead atoms. The van der Waals surface area contributed by atoms with Crippen molar-refractivity contribution in [2.75, 3.05) is 18.1 Å². The van der Waals surface area contributed by atoms with E-state index in [-0.39, 0.29) is 24.6 Å². The molecule has 0 aromatic heterocycles. The molecular formula is C29H36N2O5. The van der Waals surface area contributed by atoms with E-state index >= 15 is 0 Å². The van der Waals surface area contributed by atoms with Crippen LogP contribution in [0.25, 0.3) is 6.08 Å². The first-order valence-corrected chi connectivity index (χ1v) is 12.5. The maximum atomic E-state index is 12.6. The van der Waals surface area contributed by atoms with Gasteiger partial charge >= 0.3 is 11.9 Å². The molecule has 0 amide bonds. The third-order valence-corrected chi connectivity index (χ3v) is 6.21. The molecule has 3 rings (SSSR count). The lowest BCUT2D eigenvalue weighted by Gasteiger charge is -2.27. The fraction of sp³-hybridized carbons (Fsp3) is 0.379. The number of nitrogens with two attached hydrogens (primary N) is 2. The second kappa shape index (κ2) is 14.1. The number of allylic oxidation sites excluding steroid dienone is 1. The van der Waals surface area contributed by atoms with E-state index in [1.54, 1.807) is 48.5 Å². The summed E-state index contributed by atoms with van der Waals surface area (Å²) in [5.74, 6) is -0.305. The fourth-order valence-corrected chi connectivity index (χ4v) is 4.06. The number of carbonyl (C=O) groups excluding carboxylic acids is 2. The molecule has 0 atom stereocenters. The summed E-state index contributed by atoms with van der Waals surface area (Å²) in [5.41, 5.74) is 14.0. The molecule has 192 valence electrons. The van der Waals surface area contributed by atoms with Crippen molar-refractivity contribution >= 4 is 29.4 Å². The lowest BCUT2D eigenvalue weighted by atomic mass is 9.87. The van der Waals surface area contributed by atoms with Gasteiger partial charge in [0.2, 0.25) is 0 Å². The highest BCUT2D eigenvalue weighted by atomic mass is 16.5. The zero-order chi connectivity index (χ0) is 25.8. The van der Waals surface area contributed by atoms with Crippen LogP contribution in [0.5, 0.6) is 5.75 Å². The van der Waals surface area contributed by atoms with Crippen molar-refractivity contribution in [1.82, 2.24) is 0 Å². The van der Waals surface area contributed by atoms with Crippen molar-refractivity contribution in [3.05, 3.63) is 72.3 Å². The van der Waals surface area contributed by atoms with E-state index in [0.717, 1.165) is 57.1 Å². The number of anilines is 2. The molecule has 7 heteroatoms. The Morgan fingerprint density at radius 3 is 2.44 bits per heavy atom. The van der Waals surface area contributed by atoms with Crippen molar-refractivity contribution < 1.29 is 23.8 Å². The minimum absolute atomic E-state index is 0.0634. The maximum absolute atomic E-state index is 12.6. The molecule has 2 aromatic carbocycles. The summed E-state index contributed by atoms with van der Waals surface area (Å²) in [6.45, 7) is 4.56. The largest absolute Gasteiger partial charge is 0.458 e. The molecule has 0 spiro atoms. The molecule has 4 N–H and O–H groups in total. The number of nitrogen functional groups attached to an aromatic ring is 2. The summed E-state index contributed by atoms with van der Waals surface area (Å²) in [6.07, 6.45) is 11.6. The Balaban J connectivity index is 1.38. The molecule has 1 fully saturated rings. The highest BCUT2D eigenvalue weighted by Crippen LogP contribution is 2.28. The van der Waals surface area contributed by atoms with Crippen LogP contribution in [-0.2, 0) is 25.7 Å². The molecule has 1 aliphatic rings. The predicted octanol–water partition coefficient (Wildman–Crippen LogP) is 5.44. The number of hydrogen-bond donors (Lipinski definition) is 2. The van der Waals surface area contributed by atoms with Gasteiger partial charge in [0.1, 0.15) is 12.4 Å². The molecule has 2 aromatic rings. The van der Waals surface area contributed by atoms with Crippen LogP contribution in [-0.4, -0.2) is 24.6 Å². The first-order chi connectivity index (χ1) is 17.4. The number of ether oxygens (including phenoxy) is 3. The van der Waals surface area contributed by atoms with Crippen LogP contribution < -0.4 is 16.2 Å². The number of unbranched alkanes of at least 4 members (excludes halogenated alkanes) is 2. The number of carbonyl (C=O) groups is 2. The van der Waals surface area contributed by atoms with Crippen LogP contribution in [0.3, 0.4) is 0 Å². The lowest BCUT2D eigenvalue weighted by Crippen LogP contribution is -2.29. The van der Waals surface area contributed by atoms with Gasteiger partial charge in [-0.3, -0.25) is 4.79 Å². The van der Waals surface area contributed by atoms with E-state index in [2.05, 4.69) is 6.58 Å². The molecule has 1 aliphatic carbocycles. The first kappa shape index (κ1) is 27.0. The smallest absolute Gasteiger partial charge is 0.331 e. The van der Waals surface area contributed by atoms with Gasteiger partial charge in [-0.15, -0.1) is 6.58 Å². The van der Waals surface area contributed by atoms with E-state index in [0.29, 0.717) is 22.7 Å². The van der Waals surface area contributed by atoms with Gasteiger partial charge in [-0.05, 0) is 80.9 Å². The summed E-state index contributed by atoms with van der Waals surface area (Å²) >= 11 is 0. The quantitative estimate of drug-likeness (QED) is 0.101. The van der Waals surface area contributed by atoms with Gasteiger partial charge in [-0.25, -0.2) is 4.79 Å². The SMILES string of the molecule is C=CCCCCOC1CCC(C(=O)Oc2ccc(C=CC(=O)OCc3ccc(N)cc3N)cc2)CC1. The van der Waals surface area contributed by atoms with Crippen molar-refractivity contribution in [3.63, 3.8) is 0 Å². The minimum atomic E-state index is -0.488. The van der Waals surface area contributed by atoms with Gasteiger partial charge in [-0.2, -0.15) is 0 Å². The molecule has 0 saturated heterocycles. The van der Waals surface area contributed by atoms with Gasteiger partial charge in [0, 0.05) is 29.6 Å². The molecule has 0 heterocycles. The topological polar surface area (TPSA) is 114 Å². The Hall–Kier alpha value is -3.58. The monoisotopic (exact) mass is 492 g/mol. The first-order valence-electron chi connectivity index (χ1n) is 12.5. The Labute approximate surface area is 213 Å². The van der Waals surface area contributed by atoms with Crippen molar-refractivity contribution in [3.8, 4) is 5.75 Å². The van der Waals surface area contributed by atoms with Crippen LogP contribution in [0.1, 0.15) is 56.1 Å². The Kier molecular flexibility index (Phi) is 10.6. The predicted molar refractivity (Wildman–Crippen MR) is 142 cm³/mol. The molecule has 1 saturated carbocycles. The van der Waals surface area contributed by atoms with Gasteiger partial charge in [0.15, 0.2) is 0 Å². The second-order valence-electron chi connectivity index (χ2n) is 9.02. The Morgan fingerprint density at radius 2 is 1.75 bits per heavy atom. The fourth-order valence-electron chi connectivity index (χ4n) is 4.06. The van der Waals surface area contributed by atoms with Crippen molar-refractivity contribution in [1.29, 1.82) is 0 Å². The summed E-state index contributed by atoms with van der Waals surface area (Å²) in [6, 6.07) is 12.1. The second-order valence-corrected chi connectivity index (χ2v) is 9.02. The van der Waals surface area contributed by atoms with Crippen LogP contribution in [0.15, 0.2) is 61.2 Å². The van der Waals surface area contributed by atoms with Crippen molar-refractivity contribution in [2.24, 2.45) is 5.92 Å². The molecule has 0 aliphatic heterocycles. The molecule has 0 radical (unpaired) electrons. The minimum Gasteiger partial charge on any atom is -0.458 e. The Morgan fingerprint density at radius 1 is 1.00 bits per heavy atom. The normalized spacial score (nSPS) is 17.6.